The van der Waals surface area contributed by atoms with E-state index in [1.54, 1.807) is 14.2 Å². The normalized spacial score (nSPS) is 13.0. The molecule has 0 unspecified atom stereocenters. The first-order valence-electron chi connectivity index (χ1n) is 6.81. The molecular weight excluding hydrogens is 266 g/mol. The third-order valence-electron chi connectivity index (χ3n) is 3.74. The molecule has 2 aromatic carbocycles. The molecule has 1 amide bonds. The standard InChI is InChI=1S/C17H17NO3/c1-20-15-8-13-10-18(11-14(13)9-16(15)21-2)17(19)12-6-4-3-5-7-12/h3-9H,10-11H2,1-2H3. The molecule has 1 heterocycles. The zero-order chi connectivity index (χ0) is 14.8. The fraction of sp³-hybridized carbons (Fsp3) is 0.235. The smallest absolute Gasteiger partial charge is 0.254 e. The summed E-state index contributed by atoms with van der Waals surface area (Å²) >= 11 is 0. The van der Waals surface area contributed by atoms with Gasteiger partial charge in [0.25, 0.3) is 5.91 Å². The average Bonchev–Trinajstić information content (AvgIpc) is 2.96. The van der Waals surface area contributed by atoms with Crippen molar-refractivity contribution in [2.75, 3.05) is 14.2 Å². The Bertz CT molecular complexity index is 634. The van der Waals surface area contributed by atoms with E-state index in [4.69, 9.17) is 9.47 Å². The molecule has 0 radical (unpaired) electrons. The SMILES string of the molecule is COc1cc2c(cc1OC)CN(C(=O)c1ccccc1)C2. The second-order valence-corrected chi connectivity index (χ2v) is 5.00. The van der Waals surface area contributed by atoms with Gasteiger partial charge in [-0.05, 0) is 35.4 Å². The maximum atomic E-state index is 12.5. The van der Waals surface area contributed by atoms with Gasteiger partial charge in [-0.2, -0.15) is 0 Å². The van der Waals surface area contributed by atoms with Gasteiger partial charge in [0.15, 0.2) is 11.5 Å². The van der Waals surface area contributed by atoms with Gasteiger partial charge in [0, 0.05) is 18.7 Å². The van der Waals surface area contributed by atoms with Crippen LogP contribution in [0, 0.1) is 0 Å². The van der Waals surface area contributed by atoms with E-state index in [0.29, 0.717) is 30.2 Å². The molecule has 0 saturated carbocycles. The number of rotatable bonds is 3. The van der Waals surface area contributed by atoms with E-state index in [1.807, 2.05) is 47.4 Å². The van der Waals surface area contributed by atoms with E-state index in [-0.39, 0.29) is 5.91 Å². The van der Waals surface area contributed by atoms with Crippen LogP contribution in [0.15, 0.2) is 42.5 Å². The van der Waals surface area contributed by atoms with Crippen LogP contribution in [0.2, 0.25) is 0 Å². The Kier molecular flexibility index (Phi) is 3.52. The second-order valence-electron chi connectivity index (χ2n) is 5.00. The van der Waals surface area contributed by atoms with Gasteiger partial charge in [0.05, 0.1) is 14.2 Å². The van der Waals surface area contributed by atoms with Gasteiger partial charge in [-0.15, -0.1) is 0 Å². The third kappa shape index (κ3) is 2.44. The molecule has 108 valence electrons. The van der Waals surface area contributed by atoms with Crippen LogP contribution >= 0.6 is 0 Å². The van der Waals surface area contributed by atoms with Crippen LogP contribution in [0.4, 0.5) is 0 Å². The summed E-state index contributed by atoms with van der Waals surface area (Å²) in [6.07, 6.45) is 0. The molecule has 0 spiro atoms. The molecule has 3 rings (SSSR count). The number of benzene rings is 2. The summed E-state index contributed by atoms with van der Waals surface area (Å²) in [5, 5.41) is 0. The van der Waals surface area contributed by atoms with Crippen molar-refractivity contribution in [1.29, 1.82) is 0 Å². The molecule has 0 fully saturated rings. The Morgan fingerprint density at radius 2 is 1.48 bits per heavy atom. The second kappa shape index (κ2) is 5.48. The minimum atomic E-state index is 0.0460. The topological polar surface area (TPSA) is 38.8 Å². The predicted molar refractivity (Wildman–Crippen MR) is 79.6 cm³/mol. The molecule has 0 aromatic heterocycles. The largest absolute Gasteiger partial charge is 0.493 e. The summed E-state index contributed by atoms with van der Waals surface area (Å²) in [7, 11) is 3.23. The van der Waals surface area contributed by atoms with Gasteiger partial charge in [-0.25, -0.2) is 0 Å². The highest BCUT2D eigenvalue weighted by atomic mass is 16.5. The fourth-order valence-corrected chi connectivity index (χ4v) is 2.63. The van der Waals surface area contributed by atoms with Crippen molar-refractivity contribution in [2.24, 2.45) is 0 Å². The number of carbonyl (C=O) groups is 1. The predicted octanol–water partition coefficient (Wildman–Crippen LogP) is 2.86. The Labute approximate surface area is 123 Å². The minimum absolute atomic E-state index is 0.0460. The molecule has 4 heteroatoms. The number of fused-ring (bicyclic) bond motifs is 1. The molecule has 0 N–H and O–H groups in total. The van der Waals surface area contributed by atoms with Crippen molar-refractivity contribution < 1.29 is 14.3 Å². The number of amides is 1. The quantitative estimate of drug-likeness (QED) is 0.869. The first-order chi connectivity index (χ1) is 10.2. The lowest BCUT2D eigenvalue weighted by molar-refractivity contribution is 0.0751. The maximum absolute atomic E-state index is 12.5. The number of hydrogen-bond donors (Lipinski definition) is 0. The minimum Gasteiger partial charge on any atom is -0.493 e. The lowest BCUT2D eigenvalue weighted by atomic mass is 10.1. The van der Waals surface area contributed by atoms with Crippen molar-refractivity contribution in [3.8, 4) is 11.5 Å². The van der Waals surface area contributed by atoms with Crippen LogP contribution in [0.1, 0.15) is 21.5 Å². The van der Waals surface area contributed by atoms with Crippen LogP contribution < -0.4 is 9.47 Å². The monoisotopic (exact) mass is 283 g/mol. The van der Waals surface area contributed by atoms with Crippen molar-refractivity contribution >= 4 is 5.91 Å². The Morgan fingerprint density at radius 3 is 1.95 bits per heavy atom. The highest BCUT2D eigenvalue weighted by molar-refractivity contribution is 5.94. The van der Waals surface area contributed by atoms with Crippen molar-refractivity contribution in [2.45, 2.75) is 13.1 Å². The van der Waals surface area contributed by atoms with Crippen LogP contribution in [0.25, 0.3) is 0 Å². The molecule has 1 aliphatic heterocycles. The Hall–Kier alpha value is -2.49. The van der Waals surface area contributed by atoms with E-state index in [9.17, 15) is 4.79 Å². The summed E-state index contributed by atoms with van der Waals surface area (Å²) in [5.41, 5.74) is 2.93. The fourth-order valence-electron chi connectivity index (χ4n) is 2.63. The number of ether oxygens (including phenoxy) is 2. The highest BCUT2D eigenvalue weighted by Crippen LogP contribution is 2.35. The third-order valence-corrected chi connectivity index (χ3v) is 3.74. The molecular formula is C17H17NO3. The summed E-state index contributed by atoms with van der Waals surface area (Å²) in [6, 6.07) is 13.2. The zero-order valence-corrected chi connectivity index (χ0v) is 12.1. The molecule has 1 aliphatic rings. The van der Waals surface area contributed by atoms with Crippen molar-refractivity contribution in [3.63, 3.8) is 0 Å². The summed E-state index contributed by atoms with van der Waals surface area (Å²) in [4.78, 5) is 14.3. The number of methoxy groups -OCH3 is 2. The Morgan fingerprint density at radius 1 is 0.952 bits per heavy atom. The van der Waals surface area contributed by atoms with E-state index < -0.39 is 0 Å². The van der Waals surface area contributed by atoms with E-state index in [1.165, 1.54) is 0 Å². The average molecular weight is 283 g/mol. The lowest BCUT2D eigenvalue weighted by Gasteiger charge is -2.15. The maximum Gasteiger partial charge on any atom is 0.254 e. The molecule has 21 heavy (non-hydrogen) atoms. The van der Waals surface area contributed by atoms with Crippen LogP contribution in [-0.4, -0.2) is 25.0 Å². The Balaban J connectivity index is 1.86. The van der Waals surface area contributed by atoms with Crippen molar-refractivity contribution in [1.82, 2.24) is 4.90 Å². The van der Waals surface area contributed by atoms with Gasteiger partial charge in [0.2, 0.25) is 0 Å². The molecule has 0 atom stereocenters. The van der Waals surface area contributed by atoms with E-state index in [2.05, 4.69) is 0 Å². The number of hydrogen-bond acceptors (Lipinski definition) is 3. The van der Waals surface area contributed by atoms with Gasteiger partial charge < -0.3 is 14.4 Å². The lowest BCUT2D eigenvalue weighted by Crippen LogP contribution is -2.25. The number of nitrogens with zero attached hydrogens (tertiary/aromatic N) is 1. The van der Waals surface area contributed by atoms with Gasteiger partial charge >= 0.3 is 0 Å². The summed E-state index contributed by atoms with van der Waals surface area (Å²) < 4.78 is 10.6. The van der Waals surface area contributed by atoms with Crippen LogP contribution in [0.5, 0.6) is 11.5 Å². The van der Waals surface area contributed by atoms with Gasteiger partial charge in [-0.3, -0.25) is 4.79 Å². The van der Waals surface area contributed by atoms with Crippen molar-refractivity contribution in [3.05, 3.63) is 59.2 Å². The zero-order valence-electron chi connectivity index (χ0n) is 12.1. The van der Waals surface area contributed by atoms with Crippen LogP contribution in [-0.2, 0) is 13.1 Å². The van der Waals surface area contributed by atoms with Gasteiger partial charge in [0.1, 0.15) is 0 Å². The summed E-state index contributed by atoms with van der Waals surface area (Å²) in [6.45, 7) is 1.20. The molecule has 0 aliphatic carbocycles. The first-order valence-corrected chi connectivity index (χ1v) is 6.81. The molecule has 4 nitrogen and oxygen atoms in total. The van der Waals surface area contributed by atoms with E-state index >= 15 is 0 Å². The first kappa shape index (κ1) is 13.5. The molecule has 0 saturated heterocycles. The van der Waals surface area contributed by atoms with Gasteiger partial charge in [-0.1, -0.05) is 18.2 Å². The molecule has 0 bridgehead atoms. The molecule has 2 aromatic rings. The summed E-state index contributed by atoms with van der Waals surface area (Å²) in [5.74, 6) is 1.44. The van der Waals surface area contributed by atoms with Crippen LogP contribution in [0.3, 0.4) is 0 Å². The number of carbonyl (C=O) groups excluding carboxylic acids is 1. The highest BCUT2D eigenvalue weighted by Gasteiger charge is 2.26. The van der Waals surface area contributed by atoms with E-state index in [0.717, 1.165) is 11.1 Å².